The van der Waals surface area contributed by atoms with E-state index in [4.69, 9.17) is 21.9 Å². The van der Waals surface area contributed by atoms with E-state index in [0.717, 1.165) is 15.3 Å². The van der Waals surface area contributed by atoms with Gasteiger partial charge in [-0.05, 0) is 43.9 Å². The molecule has 0 aliphatic heterocycles. The third-order valence-corrected chi connectivity index (χ3v) is 6.99. The maximum Gasteiger partial charge on any atom is 0.257 e. The molecule has 0 amide bonds. The van der Waals surface area contributed by atoms with Gasteiger partial charge in [0.25, 0.3) is 20.0 Å². The van der Waals surface area contributed by atoms with Gasteiger partial charge in [-0.2, -0.15) is 19.2 Å². The number of nitrogens with zero attached hydrogens (tertiary/aromatic N) is 6. The summed E-state index contributed by atoms with van der Waals surface area (Å²) in [4.78, 5) is 8.12. The molecule has 0 atom stereocenters. The highest BCUT2D eigenvalue weighted by atomic mass is 35.5. The molecular formula is C16H19ClN8O4S3. The molecule has 0 saturated heterocycles. The number of rotatable bonds is 4. The molecule has 4 rings (SSSR count). The Hall–Kier alpha value is -2.30. The molecule has 0 radical (unpaired) electrons. The van der Waals surface area contributed by atoms with Gasteiger partial charge in [-0.3, -0.25) is 0 Å². The second-order valence-corrected chi connectivity index (χ2v) is 11.0. The molecule has 16 heteroatoms. The highest BCUT2D eigenvalue weighted by Crippen LogP contribution is 2.19. The molecule has 0 aromatic carbocycles. The number of halogens is 1. The van der Waals surface area contributed by atoms with E-state index < -0.39 is 20.0 Å². The molecular weight excluding hydrogens is 500 g/mol. The molecule has 4 N–H and O–H groups in total. The van der Waals surface area contributed by atoms with Crippen LogP contribution in [0.2, 0.25) is 5.15 Å². The number of aromatic nitrogens is 6. The van der Waals surface area contributed by atoms with Crippen LogP contribution in [-0.4, -0.2) is 51.8 Å². The predicted molar refractivity (Wildman–Crippen MR) is 120 cm³/mol. The van der Waals surface area contributed by atoms with E-state index in [1.165, 1.54) is 22.3 Å². The Labute approximate surface area is 193 Å². The summed E-state index contributed by atoms with van der Waals surface area (Å²) in [6, 6.07) is 6.63. The van der Waals surface area contributed by atoms with E-state index >= 15 is 0 Å². The van der Waals surface area contributed by atoms with Gasteiger partial charge in [-0.1, -0.05) is 18.5 Å². The number of thioether (sulfide) groups is 1. The van der Waals surface area contributed by atoms with Gasteiger partial charge in [0.2, 0.25) is 0 Å². The molecule has 0 bridgehead atoms. The van der Waals surface area contributed by atoms with E-state index in [9.17, 15) is 16.8 Å². The zero-order valence-corrected chi connectivity index (χ0v) is 20.3. The summed E-state index contributed by atoms with van der Waals surface area (Å²) in [7, 11) is -7.67. The predicted octanol–water partition coefficient (Wildman–Crippen LogP) is 1.14. The zero-order chi connectivity index (χ0) is 23.8. The highest BCUT2D eigenvalue weighted by molar-refractivity contribution is 7.99. The molecule has 0 aliphatic rings. The topological polar surface area (TPSA) is 181 Å². The first-order chi connectivity index (χ1) is 14.8. The second-order valence-electron chi connectivity index (χ2n) is 6.40. The second kappa shape index (κ2) is 8.92. The van der Waals surface area contributed by atoms with Crippen molar-refractivity contribution in [2.45, 2.75) is 35.8 Å². The van der Waals surface area contributed by atoms with Crippen molar-refractivity contribution in [1.29, 1.82) is 0 Å². The van der Waals surface area contributed by atoms with E-state index in [2.05, 4.69) is 20.2 Å². The van der Waals surface area contributed by atoms with Crippen molar-refractivity contribution in [2.24, 2.45) is 10.3 Å². The number of aryl methyl sites for hydroxylation is 2. The minimum atomic E-state index is -3.85. The van der Waals surface area contributed by atoms with Gasteiger partial charge in [0, 0.05) is 0 Å². The molecule has 172 valence electrons. The van der Waals surface area contributed by atoms with E-state index in [0.29, 0.717) is 22.7 Å². The number of hydrogen-bond acceptors (Lipinski definition) is 9. The minimum absolute atomic E-state index is 0.0500. The van der Waals surface area contributed by atoms with Crippen molar-refractivity contribution in [3.8, 4) is 0 Å². The van der Waals surface area contributed by atoms with Gasteiger partial charge in [0.05, 0.1) is 11.4 Å². The smallest absolute Gasteiger partial charge is 0.231 e. The Balaban J connectivity index is 0.000000182. The third-order valence-electron chi connectivity index (χ3n) is 3.97. The molecule has 4 heterocycles. The number of sulfonamides is 2. The molecule has 32 heavy (non-hydrogen) atoms. The fourth-order valence-electron chi connectivity index (χ4n) is 2.89. The lowest BCUT2D eigenvalue weighted by molar-refractivity contribution is 0.586. The summed E-state index contributed by atoms with van der Waals surface area (Å²) < 4.78 is 47.9. The highest BCUT2D eigenvalue weighted by Gasteiger charge is 2.21. The first-order valence-electron chi connectivity index (χ1n) is 8.89. The Morgan fingerprint density at radius 3 is 1.81 bits per heavy atom. The molecule has 4 aromatic rings. The number of imidazole rings is 2. The maximum absolute atomic E-state index is 11.5. The van der Waals surface area contributed by atoms with Gasteiger partial charge < -0.3 is 0 Å². The lowest BCUT2D eigenvalue weighted by Crippen LogP contribution is -2.16. The van der Waals surface area contributed by atoms with Crippen molar-refractivity contribution in [3.05, 3.63) is 40.8 Å². The summed E-state index contributed by atoms with van der Waals surface area (Å²) in [5.41, 5.74) is 1.53. The fraction of sp³-hybridized carbons (Fsp3) is 0.250. The molecule has 0 aliphatic carbocycles. The Kier molecular flexibility index (Phi) is 6.78. The monoisotopic (exact) mass is 518 g/mol. The first-order valence-corrected chi connectivity index (χ1v) is 13.3. The quantitative estimate of drug-likeness (QED) is 0.374. The molecule has 0 unspecified atom stereocenters. The van der Waals surface area contributed by atoms with Gasteiger partial charge in [-0.15, -0.1) is 11.8 Å². The molecule has 4 aromatic heterocycles. The summed E-state index contributed by atoms with van der Waals surface area (Å²) in [6.07, 6.45) is 0. The summed E-state index contributed by atoms with van der Waals surface area (Å²) in [5.74, 6) is 0.858. The lowest BCUT2D eigenvalue weighted by Gasteiger charge is -2.01. The van der Waals surface area contributed by atoms with Gasteiger partial charge in [0.15, 0.2) is 21.3 Å². The molecule has 12 nitrogen and oxygen atoms in total. The minimum Gasteiger partial charge on any atom is -0.231 e. The fourth-order valence-corrected chi connectivity index (χ4v) is 5.29. The van der Waals surface area contributed by atoms with Crippen molar-refractivity contribution in [1.82, 2.24) is 29.2 Å². The average Bonchev–Trinajstić information content (AvgIpc) is 3.16. The molecule has 0 fully saturated rings. The standard InChI is InChI=1S/C9H12N4O2S2.C7H7ClN4O2S/c1-3-16-8-5-4-7-11-6(2)9(13(7)12-8)17(10,14)15;1-4-7(15(9,13)14)12-6(10-4)3-2-5(8)11-12/h4-5H,3H2,1-2H3,(H2,10,14,15);2-3H,1H3,(H2,9,13,14). The van der Waals surface area contributed by atoms with Crippen molar-refractivity contribution in [2.75, 3.05) is 5.75 Å². The third kappa shape index (κ3) is 5.02. The van der Waals surface area contributed by atoms with Crippen LogP contribution in [0.5, 0.6) is 0 Å². The molecule has 0 spiro atoms. The van der Waals surface area contributed by atoms with E-state index in [-0.39, 0.29) is 15.2 Å². The number of fused-ring (bicyclic) bond motifs is 2. The van der Waals surface area contributed by atoms with Crippen LogP contribution in [0, 0.1) is 13.8 Å². The van der Waals surface area contributed by atoms with Crippen molar-refractivity contribution >= 4 is 54.7 Å². The number of nitrogens with two attached hydrogens (primary N) is 2. The van der Waals surface area contributed by atoms with Crippen LogP contribution >= 0.6 is 23.4 Å². The van der Waals surface area contributed by atoms with Crippen LogP contribution in [0.25, 0.3) is 11.3 Å². The Morgan fingerprint density at radius 2 is 1.34 bits per heavy atom. The Morgan fingerprint density at radius 1 is 0.875 bits per heavy atom. The SMILES string of the molecule is CCSc1ccc2nc(C)c(S(N)(=O)=O)n2n1.Cc1nc2ccc(Cl)nn2c1S(N)(=O)=O. The normalized spacial score (nSPS) is 12.2. The number of primary sulfonamides is 2. The van der Waals surface area contributed by atoms with Crippen LogP contribution in [0.1, 0.15) is 18.3 Å². The average molecular weight is 519 g/mol. The molecule has 0 saturated carbocycles. The van der Waals surface area contributed by atoms with Crippen LogP contribution in [0.3, 0.4) is 0 Å². The zero-order valence-electron chi connectivity index (χ0n) is 17.1. The maximum atomic E-state index is 11.5. The van der Waals surface area contributed by atoms with E-state index in [1.807, 2.05) is 13.0 Å². The van der Waals surface area contributed by atoms with Crippen molar-refractivity contribution in [3.63, 3.8) is 0 Å². The first kappa shape index (κ1) is 24.3. The van der Waals surface area contributed by atoms with Gasteiger partial charge in [0.1, 0.15) is 10.2 Å². The summed E-state index contributed by atoms with van der Waals surface area (Å²) in [6.45, 7) is 5.14. The summed E-state index contributed by atoms with van der Waals surface area (Å²) in [5, 5.41) is 19.0. The van der Waals surface area contributed by atoms with Crippen molar-refractivity contribution < 1.29 is 16.8 Å². The van der Waals surface area contributed by atoms with E-state index in [1.54, 1.807) is 26.0 Å². The van der Waals surface area contributed by atoms with Crippen LogP contribution in [-0.2, 0) is 20.0 Å². The number of hydrogen-bond donors (Lipinski definition) is 2. The van der Waals surface area contributed by atoms with Gasteiger partial charge in [-0.25, -0.2) is 37.1 Å². The summed E-state index contributed by atoms with van der Waals surface area (Å²) >= 11 is 7.18. The van der Waals surface area contributed by atoms with Crippen LogP contribution in [0.4, 0.5) is 0 Å². The Bertz CT molecular complexity index is 1530. The van der Waals surface area contributed by atoms with Gasteiger partial charge >= 0.3 is 0 Å². The lowest BCUT2D eigenvalue weighted by atomic mass is 10.6. The van der Waals surface area contributed by atoms with Crippen LogP contribution in [0.15, 0.2) is 39.3 Å². The largest absolute Gasteiger partial charge is 0.257 e. The van der Waals surface area contributed by atoms with Crippen LogP contribution < -0.4 is 10.3 Å².